The van der Waals surface area contributed by atoms with E-state index in [-0.39, 0.29) is 16.5 Å². The SMILES string of the molecule is COc1ccc(NC(=O)CN(Cc2ccccc2)S(=O)(=O)c2ccc(OC)c(Cl)c2)c(OC)c1. The monoisotopic (exact) mass is 504 g/mol. The molecule has 0 aliphatic heterocycles. The van der Waals surface area contributed by atoms with Crippen LogP contribution < -0.4 is 19.5 Å². The first-order valence-corrected chi connectivity index (χ1v) is 12.0. The van der Waals surface area contributed by atoms with Gasteiger partial charge >= 0.3 is 0 Å². The molecule has 34 heavy (non-hydrogen) atoms. The Morgan fingerprint density at radius 3 is 2.24 bits per heavy atom. The summed E-state index contributed by atoms with van der Waals surface area (Å²) in [5, 5.41) is 2.86. The Kier molecular flexibility index (Phi) is 8.38. The maximum Gasteiger partial charge on any atom is 0.243 e. The molecule has 8 nitrogen and oxygen atoms in total. The molecule has 3 aromatic carbocycles. The van der Waals surface area contributed by atoms with Crippen LogP contribution in [-0.4, -0.2) is 46.5 Å². The quantitative estimate of drug-likeness (QED) is 0.445. The highest BCUT2D eigenvalue weighted by Crippen LogP contribution is 2.30. The number of sulfonamides is 1. The third-order valence-corrected chi connectivity index (χ3v) is 7.05. The summed E-state index contributed by atoms with van der Waals surface area (Å²) in [5.74, 6) is 0.744. The fraction of sp³-hybridized carbons (Fsp3) is 0.208. The van der Waals surface area contributed by atoms with E-state index in [1.165, 1.54) is 39.5 Å². The van der Waals surface area contributed by atoms with Crippen LogP contribution in [0.15, 0.2) is 71.6 Å². The van der Waals surface area contributed by atoms with Crippen molar-refractivity contribution in [3.63, 3.8) is 0 Å². The minimum absolute atomic E-state index is 0.0139. The molecule has 0 aliphatic carbocycles. The molecule has 10 heteroatoms. The Hall–Kier alpha value is -3.27. The number of nitrogens with one attached hydrogen (secondary N) is 1. The van der Waals surface area contributed by atoms with Crippen LogP contribution in [0.4, 0.5) is 5.69 Å². The molecule has 1 N–H and O–H groups in total. The average molecular weight is 505 g/mol. The van der Waals surface area contributed by atoms with Gasteiger partial charge in [0, 0.05) is 12.6 Å². The first kappa shape index (κ1) is 25.4. The molecule has 3 aromatic rings. The fourth-order valence-electron chi connectivity index (χ4n) is 3.22. The highest BCUT2D eigenvalue weighted by molar-refractivity contribution is 7.89. The topological polar surface area (TPSA) is 94.2 Å². The zero-order valence-electron chi connectivity index (χ0n) is 18.9. The van der Waals surface area contributed by atoms with Crippen LogP contribution in [0.3, 0.4) is 0 Å². The van der Waals surface area contributed by atoms with E-state index in [0.29, 0.717) is 22.9 Å². The zero-order chi connectivity index (χ0) is 24.7. The lowest BCUT2D eigenvalue weighted by Gasteiger charge is -2.22. The summed E-state index contributed by atoms with van der Waals surface area (Å²) in [6.07, 6.45) is 0. The van der Waals surface area contributed by atoms with Gasteiger partial charge in [-0.1, -0.05) is 41.9 Å². The lowest BCUT2D eigenvalue weighted by atomic mass is 10.2. The van der Waals surface area contributed by atoms with Crippen molar-refractivity contribution >= 4 is 33.2 Å². The Labute approximate surface area is 204 Å². The summed E-state index contributed by atoms with van der Waals surface area (Å²) in [6.45, 7) is -0.448. The largest absolute Gasteiger partial charge is 0.497 e. The summed E-state index contributed by atoms with van der Waals surface area (Å²) >= 11 is 6.16. The standard InChI is InChI=1S/C24H25ClN2O6S/c1-31-18-9-11-21(23(13-18)33-3)26-24(28)16-27(15-17-7-5-4-6-8-17)34(29,30)19-10-12-22(32-2)20(25)14-19/h4-14H,15-16H2,1-3H3,(H,26,28). The maximum atomic E-state index is 13.5. The maximum absolute atomic E-state index is 13.5. The second kappa shape index (κ2) is 11.2. The second-order valence-corrected chi connectivity index (χ2v) is 9.51. The summed E-state index contributed by atoms with van der Waals surface area (Å²) in [5.41, 5.74) is 1.11. The van der Waals surface area contributed by atoms with E-state index in [1.807, 2.05) is 6.07 Å². The molecule has 0 fully saturated rings. The van der Waals surface area contributed by atoms with Crippen molar-refractivity contribution in [3.05, 3.63) is 77.3 Å². The molecule has 0 unspecified atom stereocenters. The number of anilines is 1. The van der Waals surface area contributed by atoms with Crippen LogP contribution in [-0.2, 0) is 21.4 Å². The number of hydrogen-bond donors (Lipinski definition) is 1. The number of ether oxygens (including phenoxy) is 3. The Morgan fingerprint density at radius 1 is 0.912 bits per heavy atom. The Bertz CT molecular complexity index is 1250. The van der Waals surface area contributed by atoms with Gasteiger partial charge in [-0.25, -0.2) is 8.42 Å². The van der Waals surface area contributed by atoms with Crippen LogP contribution >= 0.6 is 11.6 Å². The van der Waals surface area contributed by atoms with Gasteiger partial charge in [-0.2, -0.15) is 4.31 Å². The summed E-state index contributed by atoms with van der Waals surface area (Å²) in [6, 6.07) is 18.1. The van der Waals surface area contributed by atoms with Gasteiger partial charge in [0.2, 0.25) is 15.9 Å². The lowest BCUT2D eigenvalue weighted by Crippen LogP contribution is -2.37. The number of carbonyl (C=O) groups is 1. The van der Waals surface area contributed by atoms with Crippen LogP contribution in [0.25, 0.3) is 0 Å². The predicted molar refractivity (Wildman–Crippen MR) is 130 cm³/mol. The molecule has 0 saturated heterocycles. The summed E-state index contributed by atoms with van der Waals surface area (Å²) < 4.78 is 43.7. The number of benzene rings is 3. The van der Waals surface area contributed by atoms with Crippen molar-refractivity contribution in [1.29, 1.82) is 0 Å². The number of rotatable bonds is 10. The molecule has 3 rings (SSSR count). The van der Waals surface area contributed by atoms with Gasteiger partial charge in [0.25, 0.3) is 0 Å². The molecule has 0 aliphatic rings. The average Bonchev–Trinajstić information content (AvgIpc) is 2.84. The van der Waals surface area contributed by atoms with E-state index in [9.17, 15) is 13.2 Å². The first-order valence-electron chi connectivity index (χ1n) is 10.2. The molecule has 0 aromatic heterocycles. The van der Waals surface area contributed by atoms with Gasteiger partial charge in [-0.3, -0.25) is 4.79 Å². The normalized spacial score (nSPS) is 11.2. The minimum Gasteiger partial charge on any atom is -0.497 e. The molecule has 0 saturated carbocycles. The van der Waals surface area contributed by atoms with E-state index in [4.69, 9.17) is 25.8 Å². The third kappa shape index (κ3) is 5.99. The van der Waals surface area contributed by atoms with E-state index in [1.54, 1.807) is 42.5 Å². The third-order valence-electron chi connectivity index (χ3n) is 4.97. The van der Waals surface area contributed by atoms with Crippen molar-refractivity contribution in [1.82, 2.24) is 4.31 Å². The smallest absolute Gasteiger partial charge is 0.243 e. The van der Waals surface area contributed by atoms with E-state index in [2.05, 4.69) is 5.32 Å². The van der Waals surface area contributed by atoms with Gasteiger partial charge < -0.3 is 19.5 Å². The van der Waals surface area contributed by atoms with Crippen molar-refractivity contribution in [2.75, 3.05) is 33.2 Å². The van der Waals surface area contributed by atoms with Gasteiger partial charge in [0.15, 0.2) is 0 Å². The van der Waals surface area contributed by atoms with Crippen LogP contribution in [0.5, 0.6) is 17.2 Å². The molecular weight excluding hydrogens is 480 g/mol. The van der Waals surface area contributed by atoms with Gasteiger partial charge in [-0.15, -0.1) is 0 Å². The number of methoxy groups -OCH3 is 3. The molecule has 0 radical (unpaired) electrons. The van der Waals surface area contributed by atoms with Crippen molar-refractivity contribution in [2.24, 2.45) is 0 Å². The Morgan fingerprint density at radius 2 is 1.62 bits per heavy atom. The van der Waals surface area contributed by atoms with Crippen molar-refractivity contribution < 1.29 is 27.4 Å². The zero-order valence-corrected chi connectivity index (χ0v) is 20.5. The number of halogens is 1. The van der Waals surface area contributed by atoms with Crippen molar-refractivity contribution in [3.8, 4) is 17.2 Å². The molecule has 0 atom stereocenters. The highest BCUT2D eigenvalue weighted by Gasteiger charge is 2.28. The molecular formula is C24H25ClN2O6S. The number of carbonyl (C=O) groups excluding carboxylic acids is 1. The van der Waals surface area contributed by atoms with Crippen LogP contribution in [0.2, 0.25) is 5.02 Å². The van der Waals surface area contributed by atoms with Gasteiger partial charge in [0.05, 0.1) is 43.5 Å². The predicted octanol–water partition coefficient (Wildman–Crippen LogP) is 4.20. The minimum atomic E-state index is -4.08. The van der Waals surface area contributed by atoms with Gasteiger partial charge in [-0.05, 0) is 35.9 Å². The summed E-state index contributed by atoms with van der Waals surface area (Å²) in [4.78, 5) is 12.9. The number of nitrogens with zero attached hydrogens (tertiary/aromatic N) is 1. The van der Waals surface area contributed by atoms with Crippen LogP contribution in [0, 0.1) is 0 Å². The fourth-order valence-corrected chi connectivity index (χ4v) is 4.95. The molecule has 180 valence electrons. The Balaban J connectivity index is 1.90. The molecule has 1 amide bonds. The highest BCUT2D eigenvalue weighted by atomic mass is 35.5. The van der Waals surface area contributed by atoms with E-state index >= 15 is 0 Å². The molecule has 0 bridgehead atoms. The molecule has 0 spiro atoms. The van der Waals surface area contributed by atoms with Crippen LogP contribution in [0.1, 0.15) is 5.56 Å². The first-order chi connectivity index (χ1) is 16.3. The molecule has 0 heterocycles. The van der Waals surface area contributed by atoms with Gasteiger partial charge in [0.1, 0.15) is 17.2 Å². The number of hydrogen-bond acceptors (Lipinski definition) is 6. The van der Waals surface area contributed by atoms with E-state index in [0.717, 1.165) is 9.87 Å². The van der Waals surface area contributed by atoms with E-state index < -0.39 is 22.5 Å². The van der Waals surface area contributed by atoms with Crippen molar-refractivity contribution in [2.45, 2.75) is 11.4 Å². The lowest BCUT2D eigenvalue weighted by molar-refractivity contribution is -0.116. The summed E-state index contributed by atoms with van der Waals surface area (Å²) in [7, 11) is 0.341. The number of amides is 1. The second-order valence-electron chi connectivity index (χ2n) is 7.17.